The van der Waals surface area contributed by atoms with Crippen LogP contribution in [-0.2, 0) is 19.9 Å². The van der Waals surface area contributed by atoms with Crippen molar-refractivity contribution in [2.24, 2.45) is 7.05 Å². The van der Waals surface area contributed by atoms with Crippen LogP contribution in [0.15, 0.2) is 5.38 Å². The molecule has 0 unspecified atom stereocenters. The van der Waals surface area contributed by atoms with Crippen LogP contribution in [0, 0.1) is 6.92 Å². The van der Waals surface area contributed by atoms with E-state index < -0.39 is 0 Å². The Hall–Kier alpha value is -0.840. The van der Waals surface area contributed by atoms with Crippen LogP contribution < -0.4 is 0 Å². The van der Waals surface area contributed by atoms with Crippen molar-refractivity contribution in [3.05, 3.63) is 37.3 Å². The molecule has 0 fully saturated rings. The maximum Gasteiger partial charge on any atom is 0.180 e. The minimum atomic E-state index is -0.0179. The van der Waals surface area contributed by atoms with Gasteiger partial charge < -0.3 is 0 Å². The topological polar surface area (TPSA) is 34.9 Å². The average Bonchev–Trinajstić information content (AvgIpc) is 2.84. The maximum absolute atomic E-state index is 12.3. The Morgan fingerprint density at radius 1 is 1.42 bits per heavy atom. The Bertz CT molecular complexity index is 631. The number of carbonyl (C=O) groups is 1. The number of thiophene rings is 1. The molecule has 0 spiro atoms. The summed E-state index contributed by atoms with van der Waals surface area (Å²) in [7, 11) is 1.80. The normalized spacial score (nSPS) is 11.0. The summed E-state index contributed by atoms with van der Waals surface area (Å²) in [5.74, 6) is -0.0179. The van der Waals surface area contributed by atoms with Crippen LogP contribution in [0.5, 0.6) is 0 Å². The second-order valence-corrected chi connectivity index (χ2v) is 5.98. The predicted molar refractivity (Wildman–Crippen MR) is 79.7 cm³/mol. The van der Waals surface area contributed by atoms with Gasteiger partial charge >= 0.3 is 0 Å². The summed E-state index contributed by atoms with van der Waals surface area (Å²) in [4.78, 5) is 12.9. The second kappa shape index (κ2) is 5.65. The molecule has 3 nitrogen and oxygen atoms in total. The molecule has 0 N–H and O–H groups in total. The van der Waals surface area contributed by atoms with Crippen molar-refractivity contribution in [3.8, 4) is 0 Å². The van der Waals surface area contributed by atoms with Crippen LogP contribution in [0.2, 0.25) is 10.0 Å². The number of halogens is 2. The number of aromatic nitrogens is 2. The van der Waals surface area contributed by atoms with Crippen molar-refractivity contribution >= 4 is 40.3 Å². The van der Waals surface area contributed by atoms with E-state index in [4.69, 9.17) is 23.2 Å². The van der Waals surface area contributed by atoms with Gasteiger partial charge in [0.2, 0.25) is 0 Å². The third-order valence-electron chi connectivity index (χ3n) is 2.98. The summed E-state index contributed by atoms with van der Waals surface area (Å²) in [6, 6.07) is 0. The van der Waals surface area contributed by atoms with Crippen LogP contribution in [0.1, 0.15) is 33.5 Å². The number of ketones is 1. The predicted octanol–water partition coefficient (Wildman–Crippen LogP) is 4.08. The van der Waals surface area contributed by atoms with Gasteiger partial charge in [-0.15, -0.1) is 11.3 Å². The molecule has 0 atom stereocenters. The molecular formula is C13H14Cl2N2OS. The summed E-state index contributed by atoms with van der Waals surface area (Å²) >= 11 is 13.7. The number of hydrogen-bond acceptors (Lipinski definition) is 3. The van der Waals surface area contributed by atoms with Gasteiger partial charge in [-0.25, -0.2) is 0 Å². The maximum atomic E-state index is 12.3. The monoisotopic (exact) mass is 316 g/mol. The number of Topliss-reactive ketones (excluding diaryl/α,β-unsaturated/α-hetero) is 1. The lowest BCUT2D eigenvalue weighted by atomic mass is 10.1. The van der Waals surface area contributed by atoms with Gasteiger partial charge in [0.1, 0.15) is 0 Å². The van der Waals surface area contributed by atoms with Crippen molar-refractivity contribution in [2.45, 2.75) is 26.7 Å². The standard InChI is InChI=1S/C13H14Cl2N2OS/c1-4-8-12(15)9(17(3)16-8)5-10(18)13-11(14)7(2)6-19-13/h6H,4-5H2,1-3H3. The SMILES string of the molecule is CCc1nn(C)c(CC(=O)c2scc(C)c2Cl)c1Cl. The molecule has 0 aromatic carbocycles. The molecule has 0 aliphatic heterocycles. The smallest absolute Gasteiger partial charge is 0.180 e. The van der Waals surface area contributed by atoms with E-state index in [0.717, 1.165) is 23.4 Å². The molecule has 2 aromatic heterocycles. The van der Waals surface area contributed by atoms with E-state index in [0.29, 0.717) is 14.9 Å². The first-order valence-corrected chi connectivity index (χ1v) is 7.56. The highest BCUT2D eigenvalue weighted by Gasteiger charge is 2.20. The van der Waals surface area contributed by atoms with Crippen LogP contribution in [0.25, 0.3) is 0 Å². The van der Waals surface area contributed by atoms with E-state index in [1.807, 2.05) is 19.2 Å². The fourth-order valence-corrected chi connectivity index (χ4v) is 3.46. The molecule has 2 rings (SSSR count). The summed E-state index contributed by atoms with van der Waals surface area (Å²) < 4.78 is 1.67. The molecule has 0 bridgehead atoms. The van der Waals surface area contributed by atoms with Crippen molar-refractivity contribution in [1.29, 1.82) is 0 Å². The number of aryl methyl sites for hydroxylation is 3. The van der Waals surface area contributed by atoms with Gasteiger partial charge in [0.05, 0.1) is 32.7 Å². The van der Waals surface area contributed by atoms with Crippen LogP contribution in [-0.4, -0.2) is 15.6 Å². The van der Waals surface area contributed by atoms with Gasteiger partial charge in [-0.05, 0) is 24.3 Å². The molecule has 102 valence electrons. The Morgan fingerprint density at radius 3 is 2.58 bits per heavy atom. The van der Waals surface area contributed by atoms with Crippen LogP contribution in [0.3, 0.4) is 0 Å². The fraction of sp³-hybridized carbons (Fsp3) is 0.385. The fourth-order valence-electron chi connectivity index (χ4n) is 1.86. The lowest BCUT2D eigenvalue weighted by Gasteiger charge is -2.02. The summed E-state index contributed by atoms with van der Waals surface area (Å²) in [5.41, 5.74) is 2.49. The highest BCUT2D eigenvalue weighted by Crippen LogP contribution is 2.29. The highest BCUT2D eigenvalue weighted by atomic mass is 35.5. The van der Waals surface area contributed by atoms with Crippen molar-refractivity contribution in [3.63, 3.8) is 0 Å². The van der Waals surface area contributed by atoms with Gasteiger partial charge in [-0.3, -0.25) is 9.48 Å². The van der Waals surface area contributed by atoms with Gasteiger partial charge in [0, 0.05) is 7.05 Å². The largest absolute Gasteiger partial charge is 0.293 e. The van der Waals surface area contributed by atoms with E-state index in [2.05, 4.69) is 5.10 Å². The minimum absolute atomic E-state index is 0.0179. The molecule has 0 saturated carbocycles. The molecule has 6 heteroatoms. The Balaban J connectivity index is 2.29. The zero-order chi connectivity index (χ0) is 14.2. The zero-order valence-corrected chi connectivity index (χ0v) is 13.3. The van der Waals surface area contributed by atoms with Gasteiger partial charge in [-0.2, -0.15) is 5.10 Å². The lowest BCUT2D eigenvalue weighted by molar-refractivity contribution is 0.0994. The van der Waals surface area contributed by atoms with E-state index in [1.165, 1.54) is 11.3 Å². The van der Waals surface area contributed by atoms with Crippen molar-refractivity contribution < 1.29 is 4.79 Å². The zero-order valence-electron chi connectivity index (χ0n) is 11.0. The quantitative estimate of drug-likeness (QED) is 0.796. The lowest BCUT2D eigenvalue weighted by Crippen LogP contribution is -2.07. The molecule has 0 amide bonds. The summed E-state index contributed by atoms with van der Waals surface area (Å²) in [5, 5.41) is 7.32. The molecule has 19 heavy (non-hydrogen) atoms. The van der Waals surface area contributed by atoms with E-state index in [1.54, 1.807) is 11.7 Å². The molecule has 0 aliphatic carbocycles. The minimum Gasteiger partial charge on any atom is -0.293 e. The van der Waals surface area contributed by atoms with E-state index in [9.17, 15) is 4.79 Å². The third kappa shape index (κ3) is 2.71. The number of hydrogen-bond donors (Lipinski definition) is 0. The molecule has 0 saturated heterocycles. The van der Waals surface area contributed by atoms with Crippen LogP contribution >= 0.6 is 34.5 Å². The Morgan fingerprint density at radius 2 is 2.11 bits per heavy atom. The first-order chi connectivity index (χ1) is 8.95. The Labute approximate surface area is 126 Å². The van der Waals surface area contributed by atoms with Gasteiger partial charge in [0.15, 0.2) is 5.78 Å². The first-order valence-electron chi connectivity index (χ1n) is 5.92. The highest BCUT2D eigenvalue weighted by molar-refractivity contribution is 7.13. The van der Waals surface area contributed by atoms with Crippen molar-refractivity contribution in [2.75, 3.05) is 0 Å². The molecule has 2 aromatic rings. The molecular weight excluding hydrogens is 303 g/mol. The summed E-state index contributed by atoms with van der Waals surface area (Å²) in [6.07, 6.45) is 0.974. The third-order valence-corrected chi connectivity index (χ3v) is 5.16. The summed E-state index contributed by atoms with van der Waals surface area (Å²) in [6.45, 7) is 3.88. The molecule has 0 radical (unpaired) electrons. The first kappa shape index (κ1) is 14.6. The van der Waals surface area contributed by atoms with E-state index >= 15 is 0 Å². The van der Waals surface area contributed by atoms with Gasteiger partial charge in [-0.1, -0.05) is 30.1 Å². The molecule has 2 heterocycles. The number of nitrogens with zero attached hydrogens (tertiary/aromatic N) is 2. The van der Waals surface area contributed by atoms with Crippen molar-refractivity contribution in [1.82, 2.24) is 9.78 Å². The number of rotatable bonds is 4. The molecule has 0 aliphatic rings. The Kier molecular flexibility index (Phi) is 4.33. The van der Waals surface area contributed by atoms with E-state index in [-0.39, 0.29) is 12.2 Å². The second-order valence-electron chi connectivity index (χ2n) is 4.35. The average molecular weight is 317 g/mol. The van der Waals surface area contributed by atoms with Crippen LogP contribution in [0.4, 0.5) is 0 Å². The van der Waals surface area contributed by atoms with Gasteiger partial charge in [0.25, 0.3) is 0 Å². The number of carbonyl (C=O) groups excluding carboxylic acids is 1.